The quantitative estimate of drug-likeness (QED) is 0.153. The van der Waals surface area contributed by atoms with Gasteiger partial charge in [0.05, 0.1) is 27.6 Å². The van der Waals surface area contributed by atoms with Crippen LogP contribution in [0.25, 0.3) is 93.6 Å². The Labute approximate surface area is 517 Å². The molecular weight excluding hydrogens is 1070 g/mol. The van der Waals surface area contributed by atoms with E-state index in [2.05, 4.69) is 286 Å². The molecule has 9 aromatic carbocycles. The largest absolute Gasteiger partial charge is 0.310 e. The van der Waals surface area contributed by atoms with Gasteiger partial charge in [-0.05, 0) is 187 Å². The van der Waals surface area contributed by atoms with Crippen LogP contribution in [-0.4, -0.2) is 28.5 Å². The minimum atomic E-state index is -3.24. The van der Waals surface area contributed by atoms with Crippen LogP contribution in [0.15, 0.2) is 133 Å². The van der Waals surface area contributed by atoms with Crippen LogP contribution in [0.3, 0.4) is 0 Å². The third-order valence-corrected chi connectivity index (χ3v) is 26.5. The molecule has 0 saturated heterocycles. The van der Waals surface area contributed by atoms with Gasteiger partial charge in [0.2, 0.25) is 0 Å². The lowest BCUT2D eigenvalue weighted by molar-refractivity contribution is 0.590. The standard InChI is InChI=1S/C82H86BN3Si/c1-43(2)47-21-26-54(27-22-47)84-64-34-48(44(3)4)23-28-57(64)71-66(84)42-62-77-73(71)72-58(46(7)8)33-49(45(5)6)35-65(72)85(77)63-31-32-67-78-74(63)83(62)61-38-52(81(15,16)17)36-59-60-37-53(82(18,19)20)41-70(76(60)86(78)75(59)61)87(67)68-39-50(79(9,10)11)24-29-55(68)56-30-25-51(40-69(56)87)80(12,13)14/h21-46H,1-20H3. The molecule has 0 atom stereocenters. The summed E-state index contributed by atoms with van der Waals surface area (Å²) in [6, 6.07) is 56.4. The zero-order valence-corrected chi connectivity index (χ0v) is 56.4. The summed E-state index contributed by atoms with van der Waals surface area (Å²) in [5.74, 6) is 1.45. The van der Waals surface area contributed by atoms with Gasteiger partial charge in [-0.25, -0.2) is 0 Å². The number of rotatable bonds is 5. The van der Waals surface area contributed by atoms with E-state index in [9.17, 15) is 0 Å². The summed E-state index contributed by atoms with van der Waals surface area (Å²) in [4.78, 5) is 0. The molecule has 87 heavy (non-hydrogen) atoms. The van der Waals surface area contributed by atoms with Crippen LogP contribution in [0.2, 0.25) is 0 Å². The van der Waals surface area contributed by atoms with E-state index in [4.69, 9.17) is 0 Å². The van der Waals surface area contributed by atoms with Crippen LogP contribution in [-0.2, 0) is 21.7 Å². The average molecular weight is 1150 g/mol. The smallest absolute Gasteiger partial charge is 0.252 e. The first-order chi connectivity index (χ1) is 41.0. The summed E-state index contributed by atoms with van der Waals surface area (Å²) in [5, 5.41) is 14.5. The normalized spacial score (nSPS) is 14.9. The lowest BCUT2D eigenvalue weighted by Gasteiger charge is -2.43. The van der Waals surface area contributed by atoms with Crippen LogP contribution in [0.1, 0.15) is 207 Å². The zero-order valence-electron chi connectivity index (χ0n) is 55.4. The van der Waals surface area contributed by atoms with Crippen LogP contribution in [0.4, 0.5) is 0 Å². The van der Waals surface area contributed by atoms with Crippen LogP contribution >= 0.6 is 0 Å². The van der Waals surface area contributed by atoms with Crippen molar-refractivity contribution in [1.82, 2.24) is 13.7 Å². The lowest BCUT2D eigenvalue weighted by Crippen LogP contribution is -2.77. The number of fused-ring (bicyclic) bond motifs is 18. The van der Waals surface area contributed by atoms with Gasteiger partial charge < -0.3 is 13.7 Å². The first-order valence-corrected chi connectivity index (χ1v) is 34.9. The maximum absolute atomic E-state index is 3.24. The Bertz CT molecular complexity index is 5010. The van der Waals surface area contributed by atoms with Gasteiger partial charge in [0.15, 0.2) is 8.07 Å². The summed E-state index contributed by atoms with van der Waals surface area (Å²) in [5.41, 5.74) is 30.1. The molecule has 12 aromatic rings. The molecule has 0 radical (unpaired) electrons. The molecule has 16 rings (SSSR count). The van der Waals surface area contributed by atoms with E-state index >= 15 is 0 Å². The molecule has 1 spiro atoms. The summed E-state index contributed by atoms with van der Waals surface area (Å²) < 4.78 is 8.37. The minimum Gasteiger partial charge on any atom is -0.310 e. The number of hydrogen-bond acceptors (Lipinski definition) is 0. The second kappa shape index (κ2) is 17.5. The highest BCUT2D eigenvalue weighted by Gasteiger charge is 2.57. The van der Waals surface area contributed by atoms with Crippen molar-refractivity contribution >= 4 is 117 Å². The van der Waals surface area contributed by atoms with Gasteiger partial charge in [0, 0.05) is 54.9 Å². The average Bonchev–Trinajstić information content (AvgIpc) is 1.52. The van der Waals surface area contributed by atoms with Crippen molar-refractivity contribution in [2.75, 3.05) is 0 Å². The highest BCUT2D eigenvalue weighted by atomic mass is 28.3. The molecule has 3 aromatic heterocycles. The van der Waals surface area contributed by atoms with Gasteiger partial charge >= 0.3 is 0 Å². The van der Waals surface area contributed by atoms with Gasteiger partial charge in [-0.1, -0.05) is 223 Å². The Kier molecular flexibility index (Phi) is 11.1. The predicted octanol–water partition coefficient (Wildman–Crippen LogP) is 17.5. The van der Waals surface area contributed by atoms with Crippen molar-refractivity contribution in [3.63, 3.8) is 0 Å². The molecule has 5 heteroatoms. The molecule has 7 heterocycles. The maximum Gasteiger partial charge on any atom is 0.252 e. The first kappa shape index (κ1) is 55.0. The van der Waals surface area contributed by atoms with E-state index in [0.29, 0.717) is 23.7 Å². The van der Waals surface area contributed by atoms with Gasteiger partial charge in [-0.15, -0.1) is 0 Å². The molecule has 0 unspecified atom stereocenters. The van der Waals surface area contributed by atoms with Crippen molar-refractivity contribution in [2.24, 2.45) is 0 Å². The third-order valence-electron chi connectivity index (χ3n) is 21.7. The second-order valence-corrected chi connectivity index (χ2v) is 36.2. The van der Waals surface area contributed by atoms with E-state index in [0.717, 1.165) is 0 Å². The van der Waals surface area contributed by atoms with E-state index < -0.39 is 8.07 Å². The zero-order chi connectivity index (χ0) is 61.2. The summed E-state index contributed by atoms with van der Waals surface area (Å²) in [6.07, 6.45) is 0. The van der Waals surface area contributed by atoms with Gasteiger partial charge in [-0.2, -0.15) is 0 Å². The lowest BCUT2D eigenvalue weighted by atomic mass is 9.34. The third kappa shape index (κ3) is 7.13. The van der Waals surface area contributed by atoms with Gasteiger partial charge in [0.1, 0.15) is 0 Å². The van der Waals surface area contributed by atoms with Crippen molar-refractivity contribution in [3.8, 4) is 28.2 Å². The van der Waals surface area contributed by atoms with Gasteiger partial charge in [0.25, 0.3) is 6.71 Å². The highest BCUT2D eigenvalue weighted by molar-refractivity contribution is 7.24. The fraction of sp³-hybridized carbons (Fsp3) is 0.341. The molecule has 4 aliphatic rings. The molecule has 0 fully saturated rings. The van der Waals surface area contributed by atoms with E-state index in [1.54, 1.807) is 15.6 Å². The fourth-order valence-electron chi connectivity index (χ4n) is 16.8. The van der Waals surface area contributed by atoms with Crippen molar-refractivity contribution < 1.29 is 0 Å². The van der Waals surface area contributed by atoms with Crippen molar-refractivity contribution in [2.45, 2.75) is 184 Å². The maximum atomic E-state index is 2.88. The van der Waals surface area contributed by atoms with Crippen LogP contribution in [0.5, 0.6) is 0 Å². The topological polar surface area (TPSA) is 14.8 Å². The number of aromatic nitrogens is 3. The molecule has 3 nitrogen and oxygen atoms in total. The summed E-state index contributed by atoms with van der Waals surface area (Å²) in [6.45, 7) is 48.1. The highest BCUT2D eigenvalue weighted by Crippen LogP contribution is 2.50. The SMILES string of the molecule is CC(C)c1ccc(-n2c3cc(C(C)C)ccc3c3c4c5c(C(C)C)cc(C(C)C)cc5n5c4c(cc32)B2c3c-5ccc4c3-n3c5c2cc(C(C)(C)C)cc5c2cc(C(C)(C)C)cc(c23)[Si]42c3cc(C(C)(C)C)ccc3-c3ccc(C(C)(C)C)cc32)cc1. The summed E-state index contributed by atoms with van der Waals surface area (Å²) in [7, 11) is -3.24. The minimum absolute atomic E-state index is 0.0511. The number of nitrogens with zero attached hydrogens (tertiary/aromatic N) is 3. The fourth-order valence-corrected chi connectivity index (χ4v) is 22.5. The van der Waals surface area contributed by atoms with Crippen molar-refractivity contribution in [3.05, 3.63) is 178 Å². The molecule has 0 saturated carbocycles. The molecule has 0 aliphatic carbocycles. The Morgan fingerprint density at radius 1 is 0.356 bits per heavy atom. The van der Waals surface area contributed by atoms with Gasteiger partial charge in [-0.3, -0.25) is 0 Å². The molecular formula is C82H86BN3Si. The molecule has 0 amide bonds. The van der Waals surface area contributed by atoms with Crippen LogP contribution in [0, 0.1) is 0 Å². The second-order valence-electron chi connectivity index (χ2n) is 32.6. The number of hydrogen-bond donors (Lipinski definition) is 0. The van der Waals surface area contributed by atoms with Crippen molar-refractivity contribution in [1.29, 1.82) is 0 Å². The van der Waals surface area contributed by atoms with Crippen LogP contribution < -0.4 is 37.1 Å². The Morgan fingerprint density at radius 3 is 1.46 bits per heavy atom. The first-order valence-electron chi connectivity index (χ1n) is 32.9. The van der Waals surface area contributed by atoms with E-state index in [-0.39, 0.29) is 28.4 Å². The molecule has 0 N–H and O–H groups in total. The Balaban J connectivity index is 1.18. The Morgan fingerprint density at radius 2 is 0.885 bits per heavy atom. The molecule has 4 aliphatic heterocycles. The molecule has 436 valence electrons. The summed E-state index contributed by atoms with van der Waals surface area (Å²) >= 11 is 0. The molecule has 0 bridgehead atoms. The monoisotopic (exact) mass is 1150 g/mol. The Hall–Kier alpha value is -7.34. The number of benzene rings is 9. The van der Waals surface area contributed by atoms with E-state index in [1.807, 2.05) is 0 Å². The van der Waals surface area contributed by atoms with E-state index in [1.165, 1.54) is 160 Å². The predicted molar refractivity (Wildman–Crippen MR) is 381 cm³/mol.